The normalized spacial score (nSPS) is 12.3. The van der Waals surface area contributed by atoms with Gasteiger partial charge >= 0.3 is 0 Å². The molecule has 0 spiro atoms. The van der Waals surface area contributed by atoms with E-state index in [9.17, 15) is 9.59 Å². The smallest absolute Gasteiger partial charge is 0.251 e. The molecule has 0 fully saturated rings. The van der Waals surface area contributed by atoms with Crippen molar-refractivity contribution >= 4 is 17.8 Å². The van der Waals surface area contributed by atoms with Gasteiger partial charge in [0.2, 0.25) is 5.91 Å². The number of carbonyl (C=O) groups excluding carboxylic acids is 2. The van der Waals surface area contributed by atoms with Crippen molar-refractivity contribution in [3.05, 3.63) is 35.4 Å². The minimum atomic E-state index is -0.567. The van der Waals surface area contributed by atoms with E-state index in [4.69, 9.17) is 5.73 Å². The number of hydrogen-bond donors (Lipinski definition) is 4. The molecule has 1 rings (SSSR count). The van der Waals surface area contributed by atoms with Crippen molar-refractivity contribution in [3.63, 3.8) is 0 Å². The number of nitrogens with one attached hydrogen (secondary N) is 3. The van der Waals surface area contributed by atoms with E-state index >= 15 is 0 Å². The summed E-state index contributed by atoms with van der Waals surface area (Å²) in [6.07, 6.45) is 6.16. The molecule has 28 heavy (non-hydrogen) atoms. The molecule has 0 saturated heterocycles. The maximum Gasteiger partial charge on any atom is 0.251 e. The lowest BCUT2D eigenvalue weighted by Gasteiger charge is -2.17. The number of primary amides is 1. The van der Waals surface area contributed by atoms with Crippen molar-refractivity contribution in [2.24, 2.45) is 10.7 Å². The predicted octanol–water partition coefficient (Wildman–Crippen LogP) is 2.32. The molecular weight excluding hydrogens is 354 g/mol. The Morgan fingerprint density at radius 2 is 1.79 bits per heavy atom. The number of amides is 2. The van der Waals surface area contributed by atoms with Gasteiger partial charge in [0.25, 0.3) is 5.91 Å². The van der Waals surface area contributed by atoms with Crippen LogP contribution >= 0.6 is 0 Å². The molecular formula is C21H35N5O2. The standard InChI is InChI=1S/C21H35N5O2/c1-4-6-7-8-9-16(3)26-21(23-5-2)25-14-17-10-12-18(13-11-17)20(28)24-15-19(22)27/h10-13,16H,4-9,14-15H2,1-3H3,(H2,22,27)(H,24,28)(H2,23,25,26). The number of hydrogen-bond acceptors (Lipinski definition) is 3. The molecule has 0 bridgehead atoms. The van der Waals surface area contributed by atoms with E-state index in [2.05, 4.69) is 34.8 Å². The van der Waals surface area contributed by atoms with Crippen LogP contribution in [0.2, 0.25) is 0 Å². The molecule has 156 valence electrons. The third kappa shape index (κ3) is 9.94. The molecule has 1 unspecified atom stereocenters. The molecule has 1 aromatic rings. The van der Waals surface area contributed by atoms with Gasteiger partial charge < -0.3 is 21.7 Å². The Bertz CT molecular complexity index is 628. The minimum absolute atomic E-state index is 0.167. The maximum absolute atomic E-state index is 11.9. The second-order valence-electron chi connectivity index (χ2n) is 6.94. The van der Waals surface area contributed by atoms with Gasteiger partial charge in [-0.2, -0.15) is 0 Å². The van der Waals surface area contributed by atoms with Crippen molar-refractivity contribution in [1.82, 2.24) is 16.0 Å². The molecule has 0 heterocycles. The lowest BCUT2D eigenvalue weighted by molar-refractivity contribution is -0.117. The highest BCUT2D eigenvalue weighted by Gasteiger charge is 2.07. The van der Waals surface area contributed by atoms with Crippen LogP contribution in [0, 0.1) is 0 Å². The van der Waals surface area contributed by atoms with Crippen LogP contribution < -0.4 is 21.7 Å². The van der Waals surface area contributed by atoms with Crippen molar-refractivity contribution in [3.8, 4) is 0 Å². The topological polar surface area (TPSA) is 109 Å². The predicted molar refractivity (Wildman–Crippen MR) is 114 cm³/mol. The summed E-state index contributed by atoms with van der Waals surface area (Å²) < 4.78 is 0. The average Bonchev–Trinajstić information content (AvgIpc) is 2.68. The van der Waals surface area contributed by atoms with Crippen LogP contribution in [0.4, 0.5) is 0 Å². The van der Waals surface area contributed by atoms with Crippen LogP contribution in [-0.4, -0.2) is 36.9 Å². The zero-order valence-corrected chi connectivity index (χ0v) is 17.4. The zero-order valence-electron chi connectivity index (χ0n) is 17.4. The molecule has 5 N–H and O–H groups in total. The van der Waals surface area contributed by atoms with Gasteiger partial charge in [0.1, 0.15) is 0 Å². The van der Waals surface area contributed by atoms with Gasteiger partial charge in [-0.3, -0.25) is 9.59 Å². The highest BCUT2D eigenvalue weighted by atomic mass is 16.2. The van der Waals surface area contributed by atoms with Crippen LogP contribution in [-0.2, 0) is 11.3 Å². The third-order valence-electron chi connectivity index (χ3n) is 4.28. The minimum Gasteiger partial charge on any atom is -0.368 e. The van der Waals surface area contributed by atoms with E-state index < -0.39 is 5.91 Å². The summed E-state index contributed by atoms with van der Waals surface area (Å²) in [7, 11) is 0. The Kier molecular flexibility index (Phi) is 11.4. The first-order valence-corrected chi connectivity index (χ1v) is 10.2. The van der Waals surface area contributed by atoms with Crippen molar-refractivity contribution in [1.29, 1.82) is 0 Å². The first-order valence-electron chi connectivity index (χ1n) is 10.2. The highest BCUT2D eigenvalue weighted by molar-refractivity contribution is 5.96. The number of nitrogens with two attached hydrogens (primary N) is 1. The van der Waals surface area contributed by atoms with Gasteiger partial charge in [-0.05, 0) is 38.0 Å². The van der Waals surface area contributed by atoms with Crippen LogP contribution in [0.3, 0.4) is 0 Å². The summed E-state index contributed by atoms with van der Waals surface area (Å²) in [6.45, 7) is 7.59. The fourth-order valence-electron chi connectivity index (χ4n) is 2.70. The van der Waals surface area contributed by atoms with Crippen molar-refractivity contribution in [2.45, 2.75) is 65.5 Å². The average molecular weight is 390 g/mol. The van der Waals surface area contributed by atoms with E-state index in [-0.39, 0.29) is 12.5 Å². The molecule has 0 aliphatic heterocycles. The fraction of sp³-hybridized carbons (Fsp3) is 0.571. The molecule has 0 aromatic heterocycles. The van der Waals surface area contributed by atoms with Gasteiger partial charge in [0.15, 0.2) is 5.96 Å². The highest BCUT2D eigenvalue weighted by Crippen LogP contribution is 2.07. The summed E-state index contributed by atoms with van der Waals surface area (Å²) >= 11 is 0. The fourth-order valence-corrected chi connectivity index (χ4v) is 2.70. The molecule has 0 radical (unpaired) electrons. The molecule has 1 atom stereocenters. The van der Waals surface area contributed by atoms with Crippen LogP contribution in [0.25, 0.3) is 0 Å². The molecule has 1 aromatic carbocycles. The van der Waals surface area contributed by atoms with Crippen molar-refractivity contribution < 1.29 is 9.59 Å². The van der Waals surface area contributed by atoms with Crippen LogP contribution in [0.5, 0.6) is 0 Å². The van der Waals surface area contributed by atoms with Crippen LogP contribution in [0.1, 0.15) is 68.8 Å². The van der Waals surface area contributed by atoms with E-state index in [0.29, 0.717) is 18.2 Å². The van der Waals surface area contributed by atoms with Crippen molar-refractivity contribution in [2.75, 3.05) is 13.1 Å². The van der Waals surface area contributed by atoms with E-state index in [1.54, 1.807) is 12.1 Å². The van der Waals surface area contributed by atoms with Gasteiger partial charge in [0, 0.05) is 18.2 Å². The van der Waals surface area contributed by atoms with E-state index in [1.807, 2.05) is 19.1 Å². The number of benzene rings is 1. The molecule has 2 amide bonds. The Balaban J connectivity index is 2.56. The molecule has 7 nitrogen and oxygen atoms in total. The third-order valence-corrected chi connectivity index (χ3v) is 4.28. The number of rotatable bonds is 12. The van der Waals surface area contributed by atoms with Gasteiger partial charge in [-0.25, -0.2) is 4.99 Å². The Hall–Kier alpha value is -2.57. The summed E-state index contributed by atoms with van der Waals surface area (Å²) in [5.41, 5.74) is 6.51. The SMILES string of the molecule is CCCCCCC(C)NC(=NCc1ccc(C(=O)NCC(N)=O)cc1)NCC. The first kappa shape index (κ1) is 23.5. The molecule has 7 heteroatoms. The number of nitrogens with zero attached hydrogens (tertiary/aromatic N) is 1. The molecule has 0 aliphatic carbocycles. The largest absolute Gasteiger partial charge is 0.368 e. The lowest BCUT2D eigenvalue weighted by atomic mass is 10.1. The van der Waals surface area contributed by atoms with Crippen LogP contribution in [0.15, 0.2) is 29.3 Å². The van der Waals surface area contributed by atoms with Gasteiger partial charge in [-0.15, -0.1) is 0 Å². The second-order valence-corrected chi connectivity index (χ2v) is 6.94. The number of unbranched alkanes of at least 4 members (excludes halogenated alkanes) is 3. The van der Waals surface area contributed by atoms with E-state index in [0.717, 1.165) is 24.5 Å². The summed E-state index contributed by atoms with van der Waals surface area (Å²) in [4.78, 5) is 27.3. The summed E-state index contributed by atoms with van der Waals surface area (Å²) in [5, 5.41) is 9.20. The van der Waals surface area contributed by atoms with E-state index in [1.165, 1.54) is 25.7 Å². The van der Waals surface area contributed by atoms with Gasteiger partial charge in [-0.1, -0.05) is 44.7 Å². The zero-order chi connectivity index (χ0) is 20.8. The monoisotopic (exact) mass is 389 g/mol. The maximum atomic E-state index is 11.9. The Morgan fingerprint density at radius 3 is 2.39 bits per heavy atom. The number of guanidine groups is 1. The lowest BCUT2D eigenvalue weighted by Crippen LogP contribution is -2.42. The Morgan fingerprint density at radius 1 is 1.07 bits per heavy atom. The van der Waals surface area contributed by atoms with Gasteiger partial charge in [0.05, 0.1) is 13.1 Å². The Labute approximate surface area is 168 Å². The second kappa shape index (κ2) is 13.6. The first-order chi connectivity index (χ1) is 13.5. The number of aliphatic imine (C=N–C) groups is 1. The quantitative estimate of drug-likeness (QED) is 0.250. The number of carbonyl (C=O) groups is 2. The summed E-state index contributed by atoms with van der Waals surface area (Å²) in [6, 6.07) is 7.53. The molecule has 0 saturated carbocycles. The summed E-state index contributed by atoms with van der Waals surface area (Å²) in [5.74, 6) is -0.0862. The molecule has 0 aliphatic rings.